The Balaban J connectivity index is 2.07. The molecule has 1 heterocycles. The molecule has 1 amide bonds. The molecule has 3 rings (SSSR count). The summed E-state index contributed by atoms with van der Waals surface area (Å²) in [5.41, 5.74) is 0.289. The molecule has 2 aliphatic rings. The van der Waals surface area contributed by atoms with E-state index < -0.39 is 16.6 Å². The minimum absolute atomic E-state index is 0.0439. The van der Waals surface area contributed by atoms with Gasteiger partial charge in [0.15, 0.2) is 5.17 Å². The van der Waals surface area contributed by atoms with Gasteiger partial charge in [-0.05, 0) is 24.3 Å². The molecule has 122 valence electrons. The number of carbonyl (C=O) groups is 1. The van der Waals surface area contributed by atoms with Crippen molar-refractivity contribution in [3.8, 4) is 0 Å². The highest BCUT2D eigenvalue weighted by molar-refractivity contribution is 8.13. The number of non-ortho nitro benzene ring substituents is 1. The van der Waals surface area contributed by atoms with Gasteiger partial charge >= 0.3 is 6.09 Å². The third-order valence-electron chi connectivity index (χ3n) is 4.53. The van der Waals surface area contributed by atoms with E-state index in [-0.39, 0.29) is 11.6 Å². The van der Waals surface area contributed by atoms with E-state index in [0.29, 0.717) is 5.17 Å². The molecular weight excluding hydrogens is 318 g/mol. The van der Waals surface area contributed by atoms with Crippen molar-refractivity contribution in [3.63, 3.8) is 0 Å². The highest BCUT2D eigenvalue weighted by atomic mass is 32.2. The molecule has 1 aromatic carbocycles. The van der Waals surface area contributed by atoms with Crippen molar-refractivity contribution in [1.82, 2.24) is 5.32 Å². The number of carboxylic acid groups (broad SMARTS) is 1. The van der Waals surface area contributed by atoms with Crippen LogP contribution in [0.3, 0.4) is 0 Å². The lowest BCUT2D eigenvalue weighted by molar-refractivity contribution is -0.385. The molecular formula is C15H17N3O4S. The summed E-state index contributed by atoms with van der Waals surface area (Å²) >= 11 is 1.41. The maximum atomic E-state index is 11.1. The molecule has 0 bridgehead atoms. The van der Waals surface area contributed by atoms with Crippen LogP contribution < -0.4 is 5.32 Å². The van der Waals surface area contributed by atoms with E-state index in [1.807, 2.05) is 6.07 Å². The third-order valence-corrected chi connectivity index (χ3v) is 5.56. The summed E-state index contributed by atoms with van der Waals surface area (Å²) in [7, 11) is 0. The van der Waals surface area contributed by atoms with Gasteiger partial charge in [-0.3, -0.25) is 20.4 Å². The minimum Gasteiger partial charge on any atom is -0.465 e. The second-order valence-electron chi connectivity index (χ2n) is 5.83. The molecule has 0 aromatic heterocycles. The smallest absolute Gasteiger partial charge is 0.410 e. The predicted octanol–water partition coefficient (Wildman–Crippen LogP) is 3.35. The normalized spacial score (nSPS) is 26.8. The molecule has 2 unspecified atom stereocenters. The number of nitro benzene ring substituents is 1. The highest BCUT2D eigenvalue weighted by Crippen LogP contribution is 2.49. The first-order valence-corrected chi connectivity index (χ1v) is 8.47. The molecule has 0 radical (unpaired) electrons. The van der Waals surface area contributed by atoms with Gasteiger partial charge in [-0.1, -0.05) is 36.7 Å². The van der Waals surface area contributed by atoms with E-state index >= 15 is 0 Å². The van der Waals surface area contributed by atoms with Crippen molar-refractivity contribution in [2.75, 3.05) is 5.75 Å². The van der Waals surface area contributed by atoms with Crippen molar-refractivity contribution in [3.05, 3.63) is 39.9 Å². The zero-order chi connectivity index (χ0) is 16.4. The summed E-state index contributed by atoms with van der Waals surface area (Å²) < 4.78 is 0. The van der Waals surface area contributed by atoms with E-state index in [0.717, 1.165) is 37.0 Å². The fraction of sp³-hybridized carbons (Fsp3) is 0.467. The maximum Gasteiger partial charge on any atom is 0.410 e. The molecule has 2 atom stereocenters. The van der Waals surface area contributed by atoms with Gasteiger partial charge in [0.2, 0.25) is 0 Å². The quantitative estimate of drug-likeness (QED) is 0.637. The Morgan fingerprint density at radius 2 is 2.30 bits per heavy atom. The molecule has 7 nitrogen and oxygen atoms in total. The van der Waals surface area contributed by atoms with Crippen LogP contribution in [0.5, 0.6) is 0 Å². The van der Waals surface area contributed by atoms with Crippen LogP contribution >= 0.6 is 11.8 Å². The molecule has 23 heavy (non-hydrogen) atoms. The molecule has 0 spiro atoms. The molecule has 8 heteroatoms. The monoisotopic (exact) mass is 335 g/mol. The molecule has 2 N–H and O–H groups in total. The summed E-state index contributed by atoms with van der Waals surface area (Å²) in [4.78, 5) is 26.3. The number of aliphatic imine (C=N–C) groups is 1. The lowest BCUT2D eigenvalue weighted by Gasteiger charge is -2.44. The second-order valence-corrected chi connectivity index (χ2v) is 6.84. The Kier molecular flexibility index (Phi) is 4.25. The average Bonchev–Trinajstić information content (AvgIpc) is 2.54. The zero-order valence-corrected chi connectivity index (χ0v) is 13.2. The van der Waals surface area contributed by atoms with E-state index in [4.69, 9.17) is 10.1 Å². The van der Waals surface area contributed by atoms with Crippen molar-refractivity contribution in [2.45, 2.75) is 31.2 Å². The Labute approximate surface area is 137 Å². The third kappa shape index (κ3) is 3.03. The molecule has 0 saturated heterocycles. The Morgan fingerprint density at radius 3 is 3.04 bits per heavy atom. The maximum absolute atomic E-state index is 11.1. The van der Waals surface area contributed by atoms with Gasteiger partial charge in [0.1, 0.15) is 0 Å². The Bertz CT molecular complexity index is 678. The van der Waals surface area contributed by atoms with Gasteiger partial charge in [0.05, 0.1) is 10.5 Å². The number of fused-ring (bicyclic) bond motifs is 1. The molecule has 1 aliphatic carbocycles. The first kappa shape index (κ1) is 15.8. The van der Waals surface area contributed by atoms with Crippen molar-refractivity contribution in [2.24, 2.45) is 10.9 Å². The SMILES string of the molecule is O=C(O)NC1=NC2(c3cccc([N+](=O)[O-])c3)CCCCC2CS1. The van der Waals surface area contributed by atoms with Crippen LogP contribution in [0.25, 0.3) is 0 Å². The average molecular weight is 335 g/mol. The van der Waals surface area contributed by atoms with Gasteiger partial charge in [-0.15, -0.1) is 0 Å². The summed E-state index contributed by atoms with van der Waals surface area (Å²) in [6.45, 7) is 0. The molecule has 1 aromatic rings. The number of hydrogen-bond donors (Lipinski definition) is 2. The number of amidine groups is 1. The largest absolute Gasteiger partial charge is 0.465 e. The number of nitrogens with one attached hydrogen (secondary N) is 1. The van der Waals surface area contributed by atoms with Crippen LogP contribution in [0.1, 0.15) is 31.2 Å². The summed E-state index contributed by atoms with van der Waals surface area (Å²) in [6.07, 6.45) is 2.73. The second kappa shape index (κ2) is 6.19. The number of thioether (sulfide) groups is 1. The molecule has 1 saturated carbocycles. The van der Waals surface area contributed by atoms with E-state index in [1.165, 1.54) is 17.8 Å². The van der Waals surface area contributed by atoms with Crippen LogP contribution in [-0.2, 0) is 5.54 Å². The standard InChI is InChI=1S/C15H17N3O4S/c19-14(20)16-13-17-15(7-2-1-4-11(15)9-23-13)10-5-3-6-12(8-10)18(21)22/h3,5-6,8,11H,1-2,4,7,9H2,(H,16,17)(H,19,20). The van der Waals surface area contributed by atoms with Crippen molar-refractivity contribution in [1.29, 1.82) is 0 Å². The van der Waals surface area contributed by atoms with E-state index in [2.05, 4.69) is 5.32 Å². The van der Waals surface area contributed by atoms with Crippen molar-refractivity contribution >= 4 is 28.7 Å². The van der Waals surface area contributed by atoms with Crippen LogP contribution in [0, 0.1) is 16.0 Å². The number of nitro groups is 1. The number of rotatable bonds is 2. The van der Waals surface area contributed by atoms with Gasteiger partial charge < -0.3 is 5.11 Å². The van der Waals surface area contributed by atoms with Gasteiger partial charge in [0, 0.05) is 17.9 Å². The zero-order valence-electron chi connectivity index (χ0n) is 12.4. The topological polar surface area (TPSA) is 105 Å². The van der Waals surface area contributed by atoms with E-state index in [1.54, 1.807) is 12.1 Å². The van der Waals surface area contributed by atoms with Gasteiger partial charge in [-0.25, -0.2) is 4.79 Å². The van der Waals surface area contributed by atoms with E-state index in [9.17, 15) is 14.9 Å². The van der Waals surface area contributed by atoms with Gasteiger partial charge in [0.25, 0.3) is 5.69 Å². The number of benzene rings is 1. The number of hydrogen-bond acceptors (Lipinski definition) is 5. The lowest BCUT2D eigenvalue weighted by atomic mass is 9.70. The Hall–Kier alpha value is -2.09. The fourth-order valence-corrected chi connectivity index (χ4v) is 4.67. The first-order valence-electron chi connectivity index (χ1n) is 7.49. The van der Waals surface area contributed by atoms with Crippen molar-refractivity contribution < 1.29 is 14.8 Å². The van der Waals surface area contributed by atoms with Crippen LogP contribution in [-0.4, -0.2) is 27.0 Å². The number of nitrogens with zero attached hydrogens (tertiary/aromatic N) is 2. The van der Waals surface area contributed by atoms with Gasteiger partial charge in [-0.2, -0.15) is 0 Å². The minimum atomic E-state index is -1.14. The predicted molar refractivity (Wildman–Crippen MR) is 87.8 cm³/mol. The summed E-state index contributed by atoms with van der Waals surface area (Å²) in [5.74, 6) is 1.03. The summed E-state index contributed by atoms with van der Waals surface area (Å²) in [6, 6.07) is 6.59. The Morgan fingerprint density at radius 1 is 1.48 bits per heavy atom. The van der Waals surface area contributed by atoms with Crippen LogP contribution in [0.15, 0.2) is 29.3 Å². The molecule has 1 aliphatic heterocycles. The van der Waals surface area contributed by atoms with Crippen LogP contribution in [0.4, 0.5) is 10.5 Å². The first-order chi connectivity index (χ1) is 11.0. The fourth-order valence-electron chi connectivity index (χ4n) is 3.48. The van der Waals surface area contributed by atoms with Crippen LogP contribution in [0.2, 0.25) is 0 Å². The lowest BCUT2D eigenvalue weighted by Crippen LogP contribution is -2.44. The summed E-state index contributed by atoms with van der Waals surface area (Å²) in [5, 5.41) is 22.7. The molecule has 1 fully saturated rings. The number of amides is 1. The highest BCUT2D eigenvalue weighted by Gasteiger charge is 2.45.